The van der Waals surface area contributed by atoms with E-state index in [1.165, 1.54) is 7.11 Å². The predicted molar refractivity (Wildman–Crippen MR) is 49.6 cm³/mol. The number of aliphatic hydroxyl groups is 1. The fourth-order valence-corrected chi connectivity index (χ4v) is 1.85. The summed E-state index contributed by atoms with van der Waals surface area (Å²) in [6, 6.07) is 0. The molecule has 3 atom stereocenters. The van der Waals surface area contributed by atoms with Crippen LogP contribution in [-0.4, -0.2) is 35.3 Å². The molecule has 1 aliphatic rings. The Hall–Kier alpha value is -1.14. The van der Waals surface area contributed by atoms with Gasteiger partial charge < -0.3 is 10.2 Å². The lowest BCUT2D eigenvalue weighted by molar-refractivity contribution is -0.150. The van der Waals surface area contributed by atoms with Gasteiger partial charge in [0.2, 0.25) is 5.91 Å². The Morgan fingerprint density at radius 2 is 2.07 bits per heavy atom. The van der Waals surface area contributed by atoms with E-state index in [9.17, 15) is 14.7 Å². The van der Waals surface area contributed by atoms with Crippen LogP contribution in [0.4, 0.5) is 0 Å². The van der Waals surface area contributed by atoms with Gasteiger partial charge in [0.05, 0.1) is 25.0 Å². The van der Waals surface area contributed by atoms with Crippen molar-refractivity contribution in [1.82, 2.24) is 5.48 Å². The van der Waals surface area contributed by atoms with Crippen molar-refractivity contribution in [2.75, 3.05) is 7.11 Å². The van der Waals surface area contributed by atoms with E-state index in [0.29, 0.717) is 12.8 Å². The number of aliphatic hydroxyl groups excluding tert-OH is 1. The monoisotopic (exact) mass is 217 g/mol. The lowest BCUT2D eigenvalue weighted by atomic mass is 9.79. The highest BCUT2D eigenvalue weighted by Gasteiger charge is 2.36. The molecule has 6 nitrogen and oxygen atoms in total. The van der Waals surface area contributed by atoms with Crippen LogP contribution in [-0.2, 0) is 14.4 Å². The van der Waals surface area contributed by atoms with Gasteiger partial charge in [0.1, 0.15) is 0 Å². The largest absolute Gasteiger partial charge is 0.481 e. The predicted octanol–water partition coefficient (Wildman–Crippen LogP) is -0.474. The van der Waals surface area contributed by atoms with Crippen LogP contribution < -0.4 is 5.48 Å². The second-order valence-electron chi connectivity index (χ2n) is 3.69. The molecule has 0 aromatic rings. The van der Waals surface area contributed by atoms with E-state index in [2.05, 4.69) is 10.3 Å². The first kappa shape index (κ1) is 11.9. The number of amides is 1. The van der Waals surface area contributed by atoms with Gasteiger partial charge in [-0.2, -0.15) is 0 Å². The van der Waals surface area contributed by atoms with Crippen molar-refractivity contribution < 1.29 is 24.6 Å². The maximum atomic E-state index is 11.3. The molecule has 1 fully saturated rings. The second kappa shape index (κ2) is 5.09. The molecule has 3 N–H and O–H groups in total. The second-order valence-corrected chi connectivity index (χ2v) is 3.69. The van der Waals surface area contributed by atoms with Gasteiger partial charge in [0, 0.05) is 0 Å². The minimum absolute atomic E-state index is 0.122. The highest BCUT2D eigenvalue weighted by atomic mass is 16.6. The van der Waals surface area contributed by atoms with Crippen molar-refractivity contribution in [3.8, 4) is 0 Å². The van der Waals surface area contributed by atoms with Crippen LogP contribution in [0.3, 0.4) is 0 Å². The van der Waals surface area contributed by atoms with E-state index in [-0.39, 0.29) is 6.42 Å². The topological polar surface area (TPSA) is 95.9 Å². The summed E-state index contributed by atoms with van der Waals surface area (Å²) in [4.78, 5) is 26.5. The van der Waals surface area contributed by atoms with Gasteiger partial charge in [0.15, 0.2) is 0 Å². The minimum Gasteiger partial charge on any atom is -0.481 e. The number of aliphatic carboxylic acids is 1. The molecule has 0 bridgehead atoms. The smallest absolute Gasteiger partial charge is 0.306 e. The number of hydrogen-bond acceptors (Lipinski definition) is 4. The van der Waals surface area contributed by atoms with Crippen molar-refractivity contribution in [2.45, 2.75) is 25.4 Å². The van der Waals surface area contributed by atoms with E-state index in [1.807, 2.05) is 0 Å². The Morgan fingerprint density at radius 3 is 2.53 bits per heavy atom. The highest BCUT2D eigenvalue weighted by Crippen LogP contribution is 2.29. The molecule has 0 heterocycles. The van der Waals surface area contributed by atoms with Crippen molar-refractivity contribution >= 4 is 11.9 Å². The Bertz CT molecular complexity index is 255. The average molecular weight is 217 g/mol. The summed E-state index contributed by atoms with van der Waals surface area (Å²) in [5, 5.41) is 18.4. The van der Waals surface area contributed by atoms with Crippen LogP contribution in [0.2, 0.25) is 0 Å². The molecule has 0 aromatic heterocycles. The number of hydroxylamine groups is 1. The minimum atomic E-state index is -0.917. The summed E-state index contributed by atoms with van der Waals surface area (Å²) < 4.78 is 0. The Balaban J connectivity index is 2.52. The first-order valence-corrected chi connectivity index (χ1v) is 4.80. The molecule has 0 saturated heterocycles. The summed E-state index contributed by atoms with van der Waals surface area (Å²) in [6.45, 7) is 0. The first-order valence-electron chi connectivity index (χ1n) is 4.80. The van der Waals surface area contributed by atoms with Crippen LogP contribution in [0.15, 0.2) is 0 Å². The first-order chi connectivity index (χ1) is 7.06. The summed E-state index contributed by atoms with van der Waals surface area (Å²) in [6.07, 6.45) is -0.00596. The van der Waals surface area contributed by atoms with E-state index in [0.717, 1.165) is 0 Å². The van der Waals surface area contributed by atoms with E-state index in [1.54, 1.807) is 0 Å². The molecule has 1 aliphatic carbocycles. The Labute approximate surface area is 87.2 Å². The van der Waals surface area contributed by atoms with Gasteiger partial charge in [-0.3, -0.25) is 14.4 Å². The summed E-state index contributed by atoms with van der Waals surface area (Å²) in [5.41, 5.74) is 2.14. The normalized spacial score (nSPS) is 30.9. The molecular weight excluding hydrogens is 202 g/mol. The highest BCUT2D eigenvalue weighted by molar-refractivity contribution is 5.79. The van der Waals surface area contributed by atoms with Gasteiger partial charge in [-0.25, -0.2) is 5.48 Å². The quantitative estimate of drug-likeness (QED) is 0.555. The number of hydrogen-bond donors (Lipinski definition) is 3. The zero-order valence-corrected chi connectivity index (χ0v) is 8.47. The van der Waals surface area contributed by atoms with Crippen LogP contribution in [0.5, 0.6) is 0 Å². The Morgan fingerprint density at radius 1 is 1.40 bits per heavy atom. The SMILES string of the molecule is CONC(=O)C1CCC(C(=O)O)CC1O. The molecule has 0 aliphatic heterocycles. The number of carbonyl (C=O) groups excluding carboxylic acids is 1. The van der Waals surface area contributed by atoms with Crippen molar-refractivity contribution in [3.63, 3.8) is 0 Å². The number of carbonyl (C=O) groups is 2. The van der Waals surface area contributed by atoms with Gasteiger partial charge >= 0.3 is 5.97 Å². The van der Waals surface area contributed by atoms with Crippen LogP contribution in [0.25, 0.3) is 0 Å². The maximum Gasteiger partial charge on any atom is 0.306 e. The zero-order chi connectivity index (χ0) is 11.4. The lowest BCUT2D eigenvalue weighted by Crippen LogP contribution is -2.42. The standard InChI is InChI=1S/C9H15NO5/c1-15-10-8(12)6-3-2-5(9(13)14)4-7(6)11/h5-7,11H,2-4H2,1H3,(H,10,12)(H,13,14). The molecule has 15 heavy (non-hydrogen) atoms. The number of carboxylic acid groups (broad SMARTS) is 1. The van der Waals surface area contributed by atoms with Crippen molar-refractivity contribution in [3.05, 3.63) is 0 Å². The van der Waals surface area contributed by atoms with Gasteiger partial charge in [-0.05, 0) is 19.3 Å². The molecule has 1 amide bonds. The summed E-state index contributed by atoms with van der Waals surface area (Å²) in [7, 11) is 1.31. The number of nitrogens with one attached hydrogen (secondary N) is 1. The molecule has 0 spiro atoms. The van der Waals surface area contributed by atoms with Crippen LogP contribution in [0, 0.1) is 11.8 Å². The summed E-state index contributed by atoms with van der Waals surface area (Å²) >= 11 is 0. The summed E-state index contributed by atoms with van der Waals surface area (Å²) in [5.74, 6) is -2.43. The van der Waals surface area contributed by atoms with E-state index in [4.69, 9.17) is 5.11 Å². The molecule has 6 heteroatoms. The third-order valence-corrected chi connectivity index (χ3v) is 2.71. The van der Waals surface area contributed by atoms with Gasteiger partial charge in [-0.15, -0.1) is 0 Å². The maximum absolute atomic E-state index is 11.3. The molecule has 0 radical (unpaired) electrons. The molecule has 1 saturated carbocycles. The third kappa shape index (κ3) is 2.90. The molecular formula is C9H15NO5. The fraction of sp³-hybridized carbons (Fsp3) is 0.778. The molecule has 0 aromatic carbocycles. The van der Waals surface area contributed by atoms with E-state index < -0.39 is 29.8 Å². The molecule has 1 rings (SSSR count). The number of rotatable bonds is 3. The van der Waals surface area contributed by atoms with Crippen molar-refractivity contribution in [1.29, 1.82) is 0 Å². The molecule has 3 unspecified atom stereocenters. The zero-order valence-electron chi connectivity index (χ0n) is 8.47. The third-order valence-electron chi connectivity index (χ3n) is 2.71. The fourth-order valence-electron chi connectivity index (χ4n) is 1.85. The van der Waals surface area contributed by atoms with Crippen molar-refractivity contribution in [2.24, 2.45) is 11.8 Å². The lowest BCUT2D eigenvalue weighted by Gasteiger charge is -2.29. The van der Waals surface area contributed by atoms with Gasteiger partial charge in [-0.1, -0.05) is 0 Å². The average Bonchev–Trinajstić information content (AvgIpc) is 2.17. The molecule has 86 valence electrons. The Kier molecular flexibility index (Phi) is 4.05. The van der Waals surface area contributed by atoms with Crippen LogP contribution in [0.1, 0.15) is 19.3 Å². The van der Waals surface area contributed by atoms with Gasteiger partial charge in [0.25, 0.3) is 0 Å². The van der Waals surface area contributed by atoms with E-state index >= 15 is 0 Å². The number of carboxylic acids is 1. The van der Waals surface area contributed by atoms with Crippen LogP contribution >= 0.6 is 0 Å².